The van der Waals surface area contributed by atoms with Crippen molar-refractivity contribution in [2.24, 2.45) is 0 Å². The molecule has 134 valence electrons. The molecule has 0 radical (unpaired) electrons. The molecule has 0 aliphatic carbocycles. The molecule has 1 atom stereocenters. The molecule has 2 aromatic rings. The molecule has 9 heteroatoms. The average Bonchev–Trinajstić information content (AvgIpc) is 3.13. The number of aromatic nitrogens is 2. The quantitative estimate of drug-likeness (QED) is 0.814. The number of para-hydroxylation sites is 1. The smallest absolute Gasteiger partial charge is 0.345 e. The zero-order valence-corrected chi connectivity index (χ0v) is 13.9. The lowest BCUT2D eigenvalue weighted by Crippen LogP contribution is -2.20. The minimum absolute atomic E-state index is 0.107. The van der Waals surface area contributed by atoms with Gasteiger partial charge in [0.25, 0.3) is 0 Å². The third kappa shape index (κ3) is 3.22. The number of benzene rings is 1. The van der Waals surface area contributed by atoms with Crippen molar-refractivity contribution in [3.8, 4) is 29.1 Å². The number of anilines is 1. The molecule has 1 aromatic carbocycles. The fourth-order valence-corrected chi connectivity index (χ4v) is 2.65. The first kappa shape index (κ1) is 17.4. The van der Waals surface area contributed by atoms with Crippen molar-refractivity contribution in [3.05, 3.63) is 29.3 Å². The fourth-order valence-electron chi connectivity index (χ4n) is 2.65. The molecule has 0 saturated carbocycles. The number of carboxylic acid groups (broad SMARTS) is 1. The van der Waals surface area contributed by atoms with E-state index in [4.69, 9.17) is 19.9 Å². The van der Waals surface area contributed by atoms with E-state index >= 15 is 0 Å². The van der Waals surface area contributed by atoms with Gasteiger partial charge in [0.05, 0.1) is 31.5 Å². The maximum absolute atomic E-state index is 11.5. The molecule has 3 N–H and O–H groups in total. The normalized spacial score (nSPS) is 16.1. The summed E-state index contributed by atoms with van der Waals surface area (Å²) < 4.78 is 16.2. The van der Waals surface area contributed by atoms with Crippen LogP contribution in [0.25, 0.3) is 11.4 Å². The molecule has 0 spiro atoms. The summed E-state index contributed by atoms with van der Waals surface area (Å²) in [5.41, 5.74) is 6.24. The van der Waals surface area contributed by atoms with Crippen molar-refractivity contribution >= 4 is 11.8 Å². The average molecular weight is 356 g/mol. The van der Waals surface area contributed by atoms with Gasteiger partial charge in [-0.2, -0.15) is 10.2 Å². The van der Waals surface area contributed by atoms with Crippen LogP contribution in [0, 0.1) is 11.3 Å². The Morgan fingerprint density at radius 2 is 2.27 bits per heavy atom. The molecule has 0 amide bonds. The number of ether oxygens (including phenoxy) is 3. The van der Waals surface area contributed by atoms with Crippen molar-refractivity contribution in [2.45, 2.75) is 12.5 Å². The van der Waals surface area contributed by atoms with Gasteiger partial charge in [0, 0.05) is 6.42 Å². The lowest BCUT2D eigenvalue weighted by molar-refractivity contribution is 0.0686. The predicted octanol–water partition coefficient (Wildman–Crippen LogP) is 1.47. The van der Waals surface area contributed by atoms with Crippen molar-refractivity contribution in [3.63, 3.8) is 0 Å². The molecular formula is C17H16N4O5. The van der Waals surface area contributed by atoms with Gasteiger partial charge in [0.1, 0.15) is 23.7 Å². The summed E-state index contributed by atoms with van der Waals surface area (Å²) >= 11 is 0. The molecule has 1 fully saturated rings. The number of hydrogen-bond acceptors (Lipinski definition) is 8. The Hall–Kier alpha value is -3.38. The van der Waals surface area contributed by atoms with Crippen molar-refractivity contribution in [1.29, 1.82) is 5.26 Å². The van der Waals surface area contributed by atoms with Crippen LogP contribution in [-0.2, 0) is 4.74 Å². The van der Waals surface area contributed by atoms with Crippen LogP contribution < -0.4 is 15.2 Å². The van der Waals surface area contributed by atoms with E-state index in [-0.39, 0.29) is 34.9 Å². The van der Waals surface area contributed by atoms with Crippen LogP contribution in [0.2, 0.25) is 0 Å². The molecule has 0 bridgehead atoms. The van der Waals surface area contributed by atoms with Crippen LogP contribution in [0.1, 0.15) is 22.3 Å². The number of nitrogens with two attached hydrogens (primary N) is 1. The van der Waals surface area contributed by atoms with E-state index in [9.17, 15) is 15.2 Å². The number of rotatable bonds is 5. The molecule has 0 unspecified atom stereocenters. The Bertz CT molecular complexity index is 887. The van der Waals surface area contributed by atoms with E-state index in [1.165, 1.54) is 7.11 Å². The highest BCUT2D eigenvalue weighted by Crippen LogP contribution is 2.34. The molecule has 3 rings (SSSR count). The maximum Gasteiger partial charge on any atom is 0.345 e. The van der Waals surface area contributed by atoms with Crippen LogP contribution in [0.3, 0.4) is 0 Å². The Kier molecular flexibility index (Phi) is 4.86. The molecule has 1 aliphatic heterocycles. The lowest BCUT2D eigenvalue weighted by atomic mass is 10.1. The van der Waals surface area contributed by atoms with E-state index < -0.39 is 5.97 Å². The summed E-state index contributed by atoms with van der Waals surface area (Å²) in [4.78, 5) is 19.9. The van der Waals surface area contributed by atoms with Crippen LogP contribution in [0.5, 0.6) is 11.6 Å². The zero-order valence-electron chi connectivity index (χ0n) is 13.9. The van der Waals surface area contributed by atoms with Gasteiger partial charge in [-0.15, -0.1) is 0 Å². The summed E-state index contributed by atoms with van der Waals surface area (Å²) in [6.45, 7) is 0.865. The number of hydrogen-bond donors (Lipinski definition) is 2. The zero-order chi connectivity index (χ0) is 18.7. The van der Waals surface area contributed by atoms with E-state index in [1.54, 1.807) is 18.2 Å². The highest BCUT2D eigenvalue weighted by molar-refractivity contribution is 5.95. The number of carboxylic acids is 1. The minimum atomic E-state index is -1.29. The number of carbonyl (C=O) groups is 1. The number of nitrogens with zero attached hydrogens (tertiary/aromatic N) is 3. The topological polar surface area (TPSA) is 141 Å². The van der Waals surface area contributed by atoms with Gasteiger partial charge >= 0.3 is 5.97 Å². The molecule has 2 heterocycles. The molecular weight excluding hydrogens is 340 g/mol. The third-order valence-electron chi connectivity index (χ3n) is 3.86. The second-order valence-corrected chi connectivity index (χ2v) is 5.52. The van der Waals surface area contributed by atoms with Gasteiger partial charge in [0.15, 0.2) is 11.4 Å². The molecule has 26 heavy (non-hydrogen) atoms. The Balaban J connectivity index is 2.13. The van der Waals surface area contributed by atoms with Crippen molar-refractivity contribution < 1.29 is 24.1 Å². The first-order valence-corrected chi connectivity index (χ1v) is 7.77. The summed E-state index contributed by atoms with van der Waals surface area (Å²) in [6, 6.07) is 6.90. The highest BCUT2D eigenvalue weighted by Gasteiger charge is 2.26. The van der Waals surface area contributed by atoms with E-state index in [0.717, 1.165) is 0 Å². The van der Waals surface area contributed by atoms with Crippen molar-refractivity contribution in [1.82, 2.24) is 9.97 Å². The summed E-state index contributed by atoms with van der Waals surface area (Å²) in [7, 11) is 1.42. The number of nitrogen functional groups attached to an aromatic ring is 1. The Morgan fingerprint density at radius 3 is 2.88 bits per heavy atom. The largest absolute Gasteiger partial charge is 0.495 e. The van der Waals surface area contributed by atoms with Gasteiger partial charge in [-0.25, -0.2) is 9.78 Å². The number of aromatic carboxylic acids is 1. The van der Waals surface area contributed by atoms with E-state index in [1.807, 2.05) is 6.07 Å². The van der Waals surface area contributed by atoms with Crippen LogP contribution in [0.4, 0.5) is 5.82 Å². The van der Waals surface area contributed by atoms with Gasteiger partial charge in [-0.1, -0.05) is 6.07 Å². The fraction of sp³-hybridized carbons (Fsp3) is 0.294. The summed E-state index contributed by atoms with van der Waals surface area (Å²) in [5, 5.41) is 18.7. The Labute approximate surface area is 149 Å². The highest BCUT2D eigenvalue weighted by atomic mass is 16.6. The number of nitriles is 1. The van der Waals surface area contributed by atoms with Crippen molar-refractivity contribution in [2.75, 3.05) is 26.1 Å². The van der Waals surface area contributed by atoms with Crippen LogP contribution in [-0.4, -0.2) is 47.5 Å². The first-order valence-electron chi connectivity index (χ1n) is 7.77. The van der Waals surface area contributed by atoms with Crippen LogP contribution >= 0.6 is 0 Å². The Morgan fingerprint density at radius 1 is 1.46 bits per heavy atom. The molecule has 1 aliphatic rings. The van der Waals surface area contributed by atoms with E-state index in [2.05, 4.69) is 9.97 Å². The first-order chi connectivity index (χ1) is 12.5. The summed E-state index contributed by atoms with van der Waals surface area (Å²) in [5.74, 6) is -1.29. The van der Waals surface area contributed by atoms with Gasteiger partial charge < -0.3 is 25.1 Å². The molecule has 1 saturated heterocycles. The van der Waals surface area contributed by atoms with Gasteiger partial charge in [-0.05, 0) is 12.1 Å². The van der Waals surface area contributed by atoms with Crippen LogP contribution in [0.15, 0.2) is 18.2 Å². The minimum Gasteiger partial charge on any atom is -0.495 e. The standard InChI is InChI=1S/C17H16N4O5/c1-24-13-9(7-18)3-2-4-11(13)15-20-14(19)12(17(22)23)16(21-15)26-10-5-6-25-8-10/h2-4,10H,5-6,8H2,1H3,(H,22,23)(H2,19,20,21)/t10-/m0/s1. The number of methoxy groups -OCH3 is 1. The SMILES string of the molecule is COc1c(C#N)cccc1-c1nc(N)c(C(=O)O)c(O[C@H]2CCOC2)n1. The second-order valence-electron chi connectivity index (χ2n) is 5.52. The second kappa shape index (κ2) is 7.25. The monoisotopic (exact) mass is 356 g/mol. The van der Waals surface area contributed by atoms with Gasteiger partial charge in [0.2, 0.25) is 5.88 Å². The molecule has 9 nitrogen and oxygen atoms in total. The van der Waals surface area contributed by atoms with E-state index in [0.29, 0.717) is 30.8 Å². The summed E-state index contributed by atoms with van der Waals surface area (Å²) in [6.07, 6.45) is 0.300. The van der Waals surface area contributed by atoms with Gasteiger partial charge in [-0.3, -0.25) is 0 Å². The lowest BCUT2D eigenvalue weighted by Gasteiger charge is -2.16. The third-order valence-corrected chi connectivity index (χ3v) is 3.86. The predicted molar refractivity (Wildman–Crippen MR) is 90.0 cm³/mol. The maximum atomic E-state index is 11.5. The molecule has 1 aromatic heterocycles.